The van der Waals surface area contributed by atoms with E-state index in [1.807, 2.05) is 24.3 Å². The minimum Gasteiger partial charge on any atom is -0.497 e. The van der Waals surface area contributed by atoms with E-state index in [9.17, 15) is 9.59 Å². The average Bonchev–Trinajstić information content (AvgIpc) is 3.30. The van der Waals surface area contributed by atoms with Gasteiger partial charge in [0.25, 0.3) is 11.8 Å². The first kappa shape index (κ1) is 25.3. The Balaban J connectivity index is 1.46. The third-order valence-corrected chi connectivity index (χ3v) is 6.58. The van der Waals surface area contributed by atoms with Crippen LogP contribution in [0.5, 0.6) is 23.0 Å². The standard InChI is InChI=1S/C28H30N4O6/c1-35-22-9-20-10-23(11-22)37-17-27(33)30-13-19-3-4-21(12-25(19)36-2)38-26-16-32(15-24(26)31-28(20)34)14-18-5-7-29-8-6-18/h3-12,24,26H,13-17H2,1-2H3,(H,30,33)(H,31,34)/t24-,26-/m0/s1. The lowest BCUT2D eigenvalue weighted by atomic mass is 10.1. The molecule has 4 heterocycles. The molecule has 10 heteroatoms. The fourth-order valence-electron chi connectivity index (χ4n) is 4.65. The normalized spacial score (nSPS) is 19.8. The van der Waals surface area contributed by atoms with Crippen molar-refractivity contribution in [2.75, 3.05) is 33.9 Å². The van der Waals surface area contributed by atoms with Gasteiger partial charge in [-0.3, -0.25) is 19.5 Å². The molecule has 1 aromatic heterocycles. The number of fused-ring (bicyclic) bond motifs is 7. The van der Waals surface area contributed by atoms with E-state index >= 15 is 0 Å². The van der Waals surface area contributed by atoms with Crippen LogP contribution in [0.3, 0.4) is 0 Å². The summed E-state index contributed by atoms with van der Waals surface area (Å²) in [5.41, 5.74) is 2.29. The molecule has 3 aromatic rings. The molecule has 0 saturated carbocycles. The molecule has 0 aliphatic carbocycles. The van der Waals surface area contributed by atoms with Gasteiger partial charge in [0.1, 0.15) is 29.1 Å². The number of carbonyl (C=O) groups is 2. The first-order valence-corrected chi connectivity index (χ1v) is 12.3. The number of ether oxygens (including phenoxy) is 4. The van der Waals surface area contributed by atoms with E-state index < -0.39 is 0 Å². The SMILES string of the molecule is COc1cc2cc(c1)C(=O)N[C@H]1CN(Cc3ccncc3)C[C@@H]1Oc1ccc(c(OC)c1)CNC(=O)CO2. The fraction of sp³-hybridized carbons (Fsp3) is 0.321. The van der Waals surface area contributed by atoms with Gasteiger partial charge in [0.05, 0.1) is 20.3 Å². The molecule has 4 bridgehead atoms. The van der Waals surface area contributed by atoms with Gasteiger partial charge in [0.2, 0.25) is 0 Å². The van der Waals surface area contributed by atoms with Gasteiger partial charge < -0.3 is 29.6 Å². The lowest BCUT2D eigenvalue weighted by Gasteiger charge is -2.22. The quantitative estimate of drug-likeness (QED) is 0.541. The van der Waals surface area contributed by atoms with Crippen molar-refractivity contribution in [1.82, 2.24) is 20.5 Å². The van der Waals surface area contributed by atoms with Crippen molar-refractivity contribution >= 4 is 11.8 Å². The van der Waals surface area contributed by atoms with Crippen LogP contribution in [-0.2, 0) is 17.9 Å². The van der Waals surface area contributed by atoms with Gasteiger partial charge in [-0.15, -0.1) is 0 Å². The zero-order valence-corrected chi connectivity index (χ0v) is 21.3. The molecule has 38 heavy (non-hydrogen) atoms. The van der Waals surface area contributed by atoms with Crippen LogP contribution in [0.4, 0.5) is 0 Å². The number of amides is 2. The molecule has 3 aliphatic heterocycles. The summed E-state index contributed by atoms with van der Waals surface area (Å²) in [5, 5.41) is 5.97. The highest BCUT2D eigenvalue weighted by atomic mass is 16.5. The fourth-order valence-corrected chi connectivity index (χ4v) is 4.65. The van der Waals surface area contributed by atoms with Crippen LogP contribution >= 0.6 is 0 Å². The van der Waals surface area contributed by atoms with Gasteiger partial charge in [0, 0.05) is 61.8 Å². The third-order valence-electron chi connectivity index (χ3n) is 6.58. The van der Waals surface area contributed by atoms with E-state index in [-0.39, 0.29) is 37.1 Å². The van der Waals surface area contributed by atoms with E-state index in [2.05, 4.69) is 20.5 Å². The van der Waals surface area contributed by atoms with E-state index in [4.69, 9.17) is 18.9 Å². The summed E-state index contributed by atoms with van der Waals surface area (Å²) in [5.74, 6) is 1.41. The summed E-state index contributed by atoms with van der Waals surface area (Å²) in [6, 6.07) is 14.0. The van der Waals surface area contributed by atoms with Crippen molar-refractivity contribution in [3.05, 3.63) is 77.6 Å². The predicted molar refractivity (Wildman–Crippen MR) is 139 cm³/mol. The van der Waals surface area contributed by atoms with Crippen molar-refractivity contribution in [3.8, 4) is 23.0 Å². The molecule has 2 atom stereocenters. The maximum absolute atomic E-state index is 13.4. The van der Waals surface area contributed by atoms with Crippen molar-refractivity contribution in [2.45, 2.75) is 25.2 Å². The van der Waals surface area contributed by atoms with Gasteiger partial charge in [-0.2, -0.15) is 0 Å². The molecule has 10 nitrogen and oxygen atoms in total. The number of hydrogen-bond donors (Lipinski definition) is 2. The molecule has 0 radical (unpaired) electrons. The highest BCUT2D eigenvalue weighted by Gasteiger charge is 2.36. The number of aromatic nitrogens is 1. The van der Waals surface area contributed by atoms with E-state index in [1.54, 1.807) is 43.8 Å². The zero-order chi connectivity index (χ0) is 26.5. The van der Waals surface area contributed by atoms with Gasteiger partial charge in [-0.05, 0) is 42.0 Å². The Morgan fingerprint density at radius 2 is 1.84 bits per heavy atom. The summed E-state index contributed by atoms with van der Waals surface area (Å²) >= 11 is 0. The second-order valence-electron chi connectivity index (χ2n) is 9.22. The van der Waals surface area contributed by atoms with Crippen LogP contribution in [-0.4, -0.2) is 67.8 Å². The summed E-state index contributed by atoms with van der Waals surface area (Å²) in [6.45, 7) is 1.96. The Kier molecular flexibility index (Phi) is 7.60. The van der Waals surface area contributed by atoms with Crippen LogP contribution in [0.15, 0.2) is 60.9 Å². The number of nitrogens with zero attached hydrogens (tertiary/aromatic N) is 2. The minimum atomic E-state index is -0.312. The third kappa shape index (κ3) is 5.97. The van der Waals surface area contributed by atoms with Gasteiger partial charge in [-0.1, -0.05) is 0 Å². The number of hydrogen-bond acceptors (Lipinski definition) is 8. The topological polar surface area (TPSA) is 111 Å². The first-order chi connectivity index (χ1) is 18.5. The molecule has 1 saturated heterocycles. The Morgan fingerprint density at radius 3 is 2.63 bits per heavy atom. The van der Waals surface area contributed by atoms with E-state index in [0.29, 0.717) is 48.2 Å². The predicted octanol–water partition coefficient (Wildman–Crippen LogP) is 2.17. The number of benzene rings is 2. The van der Waals surface area contributed by atoms with Crippen molar-refractivity contribution in [2.24, 2.45) is 0 Å². The number of methoxy groups -OCH3 is 2. The van der Waals surface area contributed by atoms with Crippen LogP contribution in [0.25, 0.3) is 0 Å². The zero-order valence-electron chi connectivity index (χ0n) is 21.3. The Hall–Kier alpha value is -4.31. The highest BCUT2D eigenvalue weighted by molar-refractivity contribution is 5.95. The maximum atomic E-state index is 13.4. The lowest BCUT2D eigenvalue weighted by Crippen LogP contribution is -2.45. The first-order valence-electron chi connectivity index (χ1n) is 12.3. The maximum Gasteiger partial charge on any atom is 0.258 e. The van der Waals surface area contributed by atoms with Crippen molar-refractivity contribution in [3.63, 3.8) is 0 Å². The van der Waals surface area contributed by atoms with Crippen LogP contribution in [0.1, 0.15) is 21.5 Å². The van der Waals surface area contributed by atoms with Crippen LogP contribution < -0.4 is 29.6 Å². The summed E-state index contributed by atoms with van der Waals surface area (Å²) in [7, 11) is 3.09. The van der Waals surface area contributed by atoms with Crippen molar-refractivity contribution in [1.29, 1.82) is 0 Å². The smallest absolute Gasteiger partial charge is 0.258 e. The molecule has 1 fully saturated rings. The lowest BCUT2D eigenvalue weighted by molar-refractivity contribution is -0.123. The number of nitrogens with one attached hydrogen (secondary N) is 2. The summed E-state index contributed by atoms with van der Waals surface area (Å²) in [6.07, 6.45) is 3.23. The second-order valence-corrected chi connectivity index (χ2v) is 9.22. The number of carbonyl (C=O) groups excluding carboxylic acids is 2. The summed E-state index contributed by atoms with van der Waals surface area (Å²) < 4.78 is 23.0. The van der Waals surface area contributed by atoms with Crippen LogP contribution in [0, 0.1) is 0 Å². The average molecular weight is 519 g/mol. The number of pyridine rings is 1. The molecule has 2 amide bonds. The number of likely N-dealkylation sites (tertiary alicyclic amines) is 1. The molecule has 3 aliphatic rings. The molecular formula is C28H30N4O6. The Labute approximate surface area is 220 Å². The van der Waals surface area contributed by atoms with E-state index in [1.165, 1.54) is 7.11 Å². The Morgan fingerprint density at radius 1 is 1.00 bits per heavy atom. The largest absolute Gasteiger partial charge is 0.497 e. The molecule has 2 aromatic carbocycles. The molecular weight excluding hydrogens is 488 g/mol. The molecule has 2 N–H and O–H groups in total. The summed E-state index contributed by atoms with van der Waals surface area (Å²) in [4.78, 5) is 32.1. The van der Waals surface area contributed by atoms with Crippen LogP contribution in [0.2, 0.25) is 0 Å². The number of rotatable bonds is 4. The molecule has 6 rings (SSSR count). The van der Waals surface area contributed by atoms with Gasteiger partial charge in [0.15, 0.2) is 6.61 Å². The van der Waals surface area contributed by atoms with E-state index in [0.717, 1.165) is 11.1 Å². The van der Waals surface area contributed by atoms with Gasteiger partial charge in [-0.25, -0.2) is 0 Å². The monoisotopic (exact) mass is 518 g/mol. The van der Waals surface area contributed by atoms with Gasteiger partial charge >= 0.3 is 0 Å². The minimum absolute atomic E-state index is 0.216. The molecule has 0 spiro atoms. The van der Waals surface area contributed by atoms with Crippen molar-refractivity contribution < 1.29 is 28.5 Å². The highest BCUT2D eigenvalue weighted by Crippen LogP contribution is 2.28. The Bertz CT molecular complexity index is 1300. The second kappa shape index (κ2) is 11.4. The molecule has 0 unspecified atom stereocenters. The molecule has 198 valence electrons.